The number of ether oxygens (including phenoxy) is 3. The average molecular weight is 353 g/mol. The second kappa shape index (κ2) is 6.21. The first-order valence-corrected chi connectivity index (χ1v) is 8.18. The summed E-state index contributed by atoms with van der Waals surface area (Å²) in [6, 6.07) is 13.3. The highest BCUT2D eigenvalue weighted by Crippen LogP contribution is 2.36. The van der Waals surface area contributed by atoms with Gasteiger partial charge in [-0.3, -0.25) is 0 Å². The minimum absolute atomic E-state index is 0.248. The summed E-state index contributed by atoms with van der Waals surface area (Å²) in [5.74, 6) is 2.93. The molecule has 2 aromatic carbocycles. The predicted molar refractivity (Wildman–Crippen MR) is 94.9 cm³/mol. The fourth-order valence-corrected chi connectivity index (χ4v) is 2.87. The van der Waals surface area contributed by atoms with Gasteiger partial charge in [-0.15, -0.1) is 5.10 Å². The fraction of sp³-hybridized carbons (Fsp3) is 0.278. The molecule has 0 radical (unpaired) electrons. The lowest BCUT2D eigenvalue weighted by atomic mass is 10.0. The number of nitrogens with zero attached hydrogens (tertiary/aromatic N) is 4. The number of aromatic nitrogens is 4. The number of tetrazole rings is 1. The molecule has 1 aliphatic rings. The van der Waals surface area contributed by atoms with Crippen LogP contribution in [0.5, 0.6) is 17.2 Å². The molecule has 0 saturated heterocycles. The van der Waals surface area contributed by atoms with Crippen molar-refractivity contribution >= 4 is 5.69 Å². The molecule has 0 saturated carbocycles. The summed E-state index contributed by atoms with van der Waals surface area (Å²) >= 11 is 0. The number of rotatable bonds is 5. The zero-order chi connectivity index (χ0) is 18.1. The third-order valence-corrected chi connectivity index (χ3v) is 4.17. The second-order valence-electron chi connectivity index (χ2n) is 6.43. The average Bonchev–Trinajstić information content (AvgIpc) is 3.30. The molecule has 1 aromatic heterocycles. The fourth-order valence-electron chi connectivity index (χ4n) is 2.87. The molecule has 0 atom stereocenters. The molecule has 4 rings (SSSR count). The Bertz CT molecular complexity index is 921. The van der Waals surface area contributed by atoms with E-state index in [-0.39, 0.29) is 6.79 Å². The summed E-state index contributed by atoms with van der Waals surface area (Å²) in [5, 5.41) is 15.7. The van der Waals surface area contributed by atoms with Gasteiger partial charge in [0.2, 0.25) is 6.79 Å². The molecule has 1 N–H and O–H groups in total. The standard InChI is InChI=1S/C18H19N5O3/c1-18(2,19-12-4-9-15-16(10-12)26-11-25-15)17-20-21-22-23(17)13-5-7-14(24-3)8-6-13/h4-10,19H,11H2,1-3H3. The second-order valence-corrected chi connectivity index (χ2v) is 6.43. The van der Waals surface area contributed by atoms with Gasteiger partial charge in [-0.25, -0.2) is 0 Å². The molecule has 0 fully saturated rings. The molecule has 2 heterocycles. The maximum atomic E-state index is 5.44. The van der Waals surface area contributed by atoms with Crippen LogP contribution >= 0.6 is 0 Å². The predicted octanol–water partition coefficient (Wildman–Crippen LogP) is 2.75. The van der Waals surface area contributed by atoms with Crippen LogP contribution < -0.4 is 19.5 Å². The molecule has 1 aliphatic heterocycles. The molecule has 0 aliphatic carbocycles. The molecule has 0 spiro atoms. The van der Waals surface area contributed by atoms with E-state index in [0.717, 1.165) is 28.6 Å². The van der Waals surface area contributed by atoms with Crippen molar-refractivity contribution in [2.24, 2.45) is 0 Å². The van der Waals surface area contributed by atoms with Gasteiger partial charge in [0, 0.05) is 11.8 Å². The lowest BCUT2D eigenvalue weighted by Gasteiger charge is -2.26. The van der Waals surface area contributed by atoms with Crippen molar-refractivity contribution in [2.45, 2.75) is 19.4 Å². The summed E-state index contributed by atoms with van der Waals surface area (Å²) in [6.07, 6.45) is 0. The first-order chi connectivity index (χ1) is 12.6. The van der Waals surface area contributed by atoms with Gasteiger partial charge in [0.1, 0.15) is 5.75 Å². The van der Waals surface area contributed by atoms with E-state index < -0.39 is 5.54 Å². The van der Waals surface area contributed by atoms with Gasteiger partial charge in [0.25, 0.3) is 0 Å². The monoisotopic (exact) mass is 353 g/mol. The van der Waals surface area contributed by atoms with Crippen LogP contribution in [0.1, 0.15) is 19.7 Å². The molecule has 134 valence electrons. The normalized spacial score (nSPS) is 12.9. The lowest BCUT2D eigenvalue weighted by molar-refractivity contribution is 0.174. The number of nitrogens with one attached hydrogen (secondary N) is 1. The van der Waals surface area contributed by atoms with Crippen molar-refractivity contribution in [1.29, 1.82) is 0 Å². The van der Waals surface area contributed by atoms with Crippen LogP contribution in [0.3, 0.4) is 0 Å². The van der Waals surface area contributed by atoms with Gasteiger partial charge in [-0.1, -0.05) is 0 Å². The maximum Gasteiger partial charge on any atom is 0.231 e. The molecule has 0 amide bonds. The molecular weight excluding hydrogens is 334 g/mol. The van der Waals surface area contributed by atoms with Crippen LogP contribution in [0.25, 0.3) is 5.69 Å². The van der Waals surface area contributed by atoms with Gasteiger partial charge in [0.15, 0.2) is 17.3 Å². The summed E-state index contributed by atoms with van der Waals surface area (Å²) < 4.78 is 17.7. The molecule has 3 aromatic rings. The zero-order valence-corrected chi connectivity index (χ0v) is 14.8. The van der Waals surface area contributed by atoms with E-state index in [9.17, 15) is 0 Å². The zero-order valence-electron chi connectivity index (χ0n) is 14.8. The third-order valence-electron chi connectivity index (χ3n) is 4.17. The van der Waals surface area contributed by atoms with Gasteiger partial charge < -0.3 is 19.5 Å². The number of methoxy groups -OCH3 is 1. The molecule has 26 heavy (non-hydrogen) atoms. The molecule has 0 unspecified atom stereocenters. The number of hydrogen-bond donors (Lipinski definition) is 1. The van der Waals surface area contributed by atoms with Crippen LogP contribution in [0.4, 0.5) is 5.69 Å². The van der Waals surface area contributed by atoms with Crippen molar-refractivity contribution in [2.75, 3.05) is 19.2 Å². The minimum Gasteiger partial charge on any atom is -0.497 e. The van der Waals surface area contributed by atoms with Crippen LogP contribution in [0.2, 0.25) is 0 Å². The van der Waals surface area contributed by atoms with Crippen molar-refractivity contribution < 1.29 is 14.2 Å². The van der Waals surface area contributed by atoms with E-state index in [4.69, 9.17) is 14.2 Å². The van der Waals surface area contributed by atoms with Crippen LogP contribution in [-0.4, -0.2) is 34.1 Å². The van der Waals surface area contributed by atoms with Crippen molar-refractivity contribution in [1.82, 2.24) is 20.2 Å². The lowest BCUT2D eigenvalue weighted by Crippen LogP contribution is -2.31. The SMILES string of the molecule is COc1ccc(-n2nnnc2C(C)(C)Nc2ccc3c(c2)OCO3)cc1. The van der Waals surface area contributed by atoms with Crippen molar-refractivity contribution in [3.63, 3.8) is 0 Å². The summed E-state index contributed by atoms with van der Waals surface area (Å²) in [7, 11) is 1.63. The van der Waals surface area contributed by atoms with Crippen molar-refractivity contribution in [3.8, 4) is 22.9 Å². The van der Waals surface area contributed by atoms with E-state index >= 15 is 0 Å². The Balaban J connectivity index is 1.63. The number of hydrogen-bond acceptors (Lipinski definition) is 7. The van der Waals surface area contributed by atoms with Crippen LogP contribution in [0.15, 0.2) is 42.5 Å². The highest BCUT2D eigenvalue weighted by atomic mass is 16.7. The Hall–Kier alpha value is -3.29. The molecule has 8 nitrogen and oxygen atoms in total. The molecular formula is C18H19N5O3. The number of benzene rings is 2. The van der Waals surface area contributed by atoms with Gasteiger partial charge in [-0.05, 0) is 60.7 Å². The Kier molecular flexibility index (Phi) is 3.87. The highest BCUT2D eigenvalue weighted by molar-refractivity contribution is 5.57. The molecule has 8 heteroatoms. The smallest absolute Gasteiger partial charge is 0.231 e. The first kappa shape index (κ1) is 16.2. The Morgan fingerprint density at radius 3 is 2.62 bits per heavy atom. The summed E-state index contributed by atoms with van der Waals surface area (Å²) in [6.45, 7) is 4.28. The third kappa shape index (κ3) is 2.90. The number of fused-ring (bicyclic) bond motifs is 1. The first-order valence-electron chi connectivity index (χ1n) is 8.18. The largest absolute Gasteiger partial charge is 0.497 e. The summed E-state index contributed by atoms with van der Waals surface area (Å²) in [4.78, 5) is 0. The van der Waals surface area contributed by atoms with E-state index in [0.29, 0.717) is 5.82 Å². The van der Waals surface area contributed by atoms with Crippen LogP contribution in [-0.2, 0) is 5.54 Å². The minimum atomic E-state index is -0.531. The quantitative estimate of drug-likeness (QED) is 0.755. The topological polar surface area (TPSA) is 83.3 Å². The van der Waals surface area contributed by atoms with Gasteiger partial charge in [-0.2, -0.15) is 4.68 Å². The highest BCUT2D eigenvalue weighted by Gasteiger charge is 2.29. The maximum absolute atomic E-state index is 5.44. The Morgan fingerprint density at radius 2 is 1.85 bits per heavy atom. The Morgan fingerprint density at radius 1 is 1.08 bits per heavy atom. The summed E-state index contributed by atoms with van der Waals surface area (Å²) in [5.41, 5.74) is 1.21. The van der Waals surface area contributed by atoms with E-state index in [2.05, 4.69) is 20.8 Å². The van der Waals surface area contributed by atoms with Gasteiger partial charge >= 0.3 is 0 Å². The van der Waals surface area contributed by atoms with Crippen LogP contribution in [0, 0.1) is 0 Å². The van der Waals surface area contributed by atoms with E-state index in [1.165, 1.54) is 0 Å². The van der Waals surface area contributed by atoms with E-state index in [1.807, 2.05) is 56.3 Å². The molecule has 0 bridgehead atoms. The Labute approximate surface area is 150 Å². The van der Waals surface area contributed by atoms with E-state index in [1.54, 1.807) is 11.8 Å². The van der Waals surface area contributed by atoms with Gasteiger partial charge in [0.05, 0.1) is 18.3 Å². The van der Waals surface area contributed by atoms with Crippen molar-refractivity contribution in [3.05, 3.63) is 48.3 Å². The number of anilines is 1.